The number of aliphatic hydroxyl groups is 2. The van der Waals surface area contributed by atoms with Crippen molar-refractivity contribution in [1.82, 2.24) is 0 Å². The molecule has 3 rings (SSSR count). The number of rotatable bonds is 13. The molecule has 0 saturated heterocycles. The second-order valence-electron chi connectivity index (χ2n) is 13.3. The van der Waals surface area contributed by atoms with Gasteiger partial charge in [0.05, 0.1) is 19.8 Å². The summed E-state index contributed by atoms with van der Waals surface area (Å²) < 4.78 is 5.88. The molecule has 4 unspecified atom stereocenters. The van der Waals surface area contributed by atoms with E-state index in [0.29, 0.717) is 36.2 Å². The van der Waals surface area contributed by atoms with Gasteiger partial charge in [0, 0.05) is 23.7 Å². The minimum Gasteiger partial charge on any atom is -0.394 e. The van der Waals surface area contributed by atoms with Crippen LogP contribution in [0.3, 0.4) is 0 Å². The Morgan fingerprint density at radius 2 is 1.18 bits per heavy atom. The van der Waals surface area contributed by atoms with Crippen LogP contribution in [0, 0.1) is 65.1 Å². The van der Waals surface area contributed by atoms with Crippen LogP contribution in [0.1, 0.15) is 136 Å². The van der Waals surface area contributed by atoms with Gasteiger partial charge in [-0.2, -0.15) is 0 Å². The maximum atomic E-state index is 9.75. The molecule has 0 aromatic carbocycles. The summed E-state index contributed by atoms with van der Waals surface area (Å²) in [5, 5.41) is 18.9. The van der Waals surface area contributed by atoms with Crippen molar-refractivity contribution in [2.45, 2.75) is 142 Å². The van der Waals surface area contributed by atoms with Crippen LogP contribution in [0.5, 0.6) is 0 Å². The van der Waals surface area contributed by atoms with Crippen molar-refractivity contribution in [3.8, 4) is 23.7 Å². The molecule has 2 N–H and O–H groups in total. The Morgan fingerprint density at radius 3 is 1.72 bits per heavy atom. The first kappa shape index (κ1) is 32.5. The molecule has 3 saturated carbocycles. The molecular weight excluding hydrogens is 480 g/mol. The SMILES string of the molecule is CCCCCC1CCC(C#CC2CCC(C#CC3CCC(CCCCC)CC3)C(COCC(O)CO)C2)CC1. The number of aliphatic hydroxyl groups excluding tert-OH is 2. The summed E-state index contributed by atoms with van der Waals surface area (Å²) in [7, 11) is 0. The molecule has 0 heterocycles. The van der Waals surface area contributed by atoms with Gasteiger partial charge in [-0.15, -0.1) is 0 Å². The van der Waals surface area contributed by atoms with E-state index in [0.717, 1.165) is 31.1 Å². The molecule has 0 amide bonds. The van der Waals surface area contributed by atoms with Gasteiger partial charge in [-0.25, -0.2) is 0 Å². The smallest absolute Gasteiger partial charge is 0.100 e. The molecule has 3 fully saturated rings. The van der Waals surface area contributed by atoms with Crippen LogP contribution >= 0.6 is 0 Å². The maximum absolute atomic E-state index is 9.75. The van der Waals surface area contributed by atoms with Gasteiger partial charge in [0.2, 0.25) is 0 Å². The average molecular weight is 541 g/mol. The summed E-state index contributed by atoms with van der Waals surface area (Å²) >= 11 is 0. The average Bonchev–Trinajstić information content (AvgIpc) is 2.97. The third kappa shape index (κ3) is 12.6. The Kier molecular flexibility index (Phi) is 16.0. The molecule has 0 aliphatic heterocycles. The van der Waals surface area contributed by atoms with Gasteiger partial charge in [-0.05, 0) is 88.4 Å². The second-order valence-corrected chi connectivity index (χ2v) is 13.3. The predicted octanol–water partition coefficient (Wildman–Crippen LogP) is 8.17. The third-order valence-electron chi connectivity index (χ3n) is 9.93. The molecule has 3 aliphatic rings. The highest BCUT2D eigenvalue weighted by Crippen LogP contribution is 2.36. The van der Waals surface area contributed by atoms with Crippen molar-refractivity contribution < 1.29 is 14.9 Å². The highest BCUT2D eigenvalue weighted by atomic mass is 16.5. The molecule has 4 atom stereocenters. The molecule has 0 aromatic heterocycles. The summed E-state index contributed by atoms with van der Waals surface area (Å²) in [5.74, 6) is 19.1. The van der Waals surface area contributed by atoms with Gasteiger partial charge >= 0.3 is 0 Å². The summed E-state index contributed by atoms with van der Waals surface area (Å²) in [6, 6.07) is 0. The van der Waals surface area contributed by atoms with Gasteiger partial charge < -0.3 is 14.9 Å². The van der Waals surface area contributed by atoms with E-state index in [9.17, 15) is 5.11 Å². The predicted molar refractivity (Wildman–Crippen MR) is 163 cm³/mol. The minimum atomic E-state index is -0.793. The second kappa shape index (κ2) is 19.2. The van der Waals surface area contributed by atoms with E-state index in [1.165, 1.54) is 103 Å². The lowest BCUT2D eigenvalue weighted by Crippen LogP contribution is -2.29. The largest absolute Gasteiger partial charge is 0.394 e. The molecule has 222 valence electrons. The lowest BCUT2D eigenvalue weighted by molar-refractivity contribution is -0.0143. The summed E-state index contributed by atoms with van der Waals surface area (Å²) in [6.45, 7) is 5.15. The molecule has 3 nitrogen and oxygen atoms in total. The molecule has 39 heavy (non-hydrogen) atoms. The van der Waals surface area contributed by atoms with Crippen molar-refractivity contribution in [3.63, 3.8) is 0 Å². The van der Waals surface area contributed by atoms with Crippen molar-refractivity contribution in [3.05, 3.63) is 0 Å². The standard InChI is InChI=1S/C36H60O3/c1-3-5-7-9-29-11-15-31(16-12-29)19-20-33-22-24-34(35(25-33)27-39-28-36(38)26-37)23-21-32-17-13-30(14-18-32)10-8-6-4-2/h29-38H,3-18,22,24-28H2,1-2H3. The summed E-state index contributed by atoms with van der Waals surface area (Å²) in [4.78, 5) is 0. The van der Waals surface area contributed by atoms with E-state index >= 15 is 0 Å². The zero-order valence-corrected chi connectivity index (χ0v) is 25.5. The zero-order valence-electron chi connectivity index (χ0n) is 25.5. The van der Waals surface area contributed by atoms with Crippen LogP contribution in [0.15, 0.2) is 0 Å². The normalized spacial score (nSPS) is 31.9. The number of ether oxygens (including phenoxy) is 1. The highest BCUT2D eigenvalue weighted by molar-refractivity contribution is 5.14. The Hall–Kier alpha value is -1.00. The van der Waals surface area contributed by atoms with Crippen LogP contribution < -0.4 is 0 Å². The van der Waals surface area contributed by atoms with Gasteiger partial charge in [0.25, 0.3) is 0 Å². The van der Waals surface area contributed by atoms with Gasteiger partial charge in [0.1, 0.15) is 6.10 Å². The van der Waals surface area contributed by atoms with E-state index in [2.05, 4.69) is 37.5 Å². The van der Waals surface area contributed by atoms with E-state index in [1.54, 1.807) is 0 Å². The van der Waals surface area contributed by atoms with Gasteiger partial charge in [0.15, 0.2) is 0 Å². The van der Waals surface area contributed by atoms with E-state index in [4.69, 9.17) is 9.84 Å². The van der Waals surface area contributed by atoms with Crippen LogP contribution in [0.2, 0.25) is 0 Å². The fourth-order valence-corrected chi connectivity index (χ4v) is 7.20. The van der Waals surface area contributed by atoms with Crippen molar-refractivity contribution in [2.24, 2.45) is 41.4 Å². The molecular formula is C36H60O3. The Bertz CT molecular complexity index is 754. The Labute approximate surface area is 241 Å². The molecule has 0 bridgehead atoms. The van der Waals surface area contributed by atoms with Crippen molar-refractivity contribution >= 4 is 0 Å². The maximum Gasteiger partial charge on any atom is 0.100 e. The third-order valence-corrected chi connectivity index (χ3v) is 9.93. The first-order valence-electron chi connectivity index (χ1n) is 17.0. The fourth-order valence-electron chi connectivity index (χ4n) is 7.20. The van der Waals surface area contributed by atoms with E-state index in [1.807, 2.05) is 0 Å². The Morgan fingerprint density at radius 1 is 0.667 bits per heavy atom. The highest BCUT2D eigenvalue weighted by Gasteiger charge is 2.30. The van der Waals surface area contributed by atoms with Crippen LogP contribution in [0.4, 0.5) is 0 Å². The van der Waals surface area contributed by atoms with Gasteiger partial charge in [-0.3, -0.25) is 0 Å². The topological polar surface area (TPSA) is 49.7 Å². The van der Waals surface area contributed by atoms with Crippen LogP contribution in [-0.2, 0) is 4.74 Å². The zero-order chi connectivity index (χ0) is 27.7. The number of hydrogen-bond acceptors (Lipinski definition) is 3. The minimum absolute atomic E-state index is 0.201. The summed E-state index contributed by atoms with van der Waals surface area (Å²) in [5.41, 5.74) is 0. The quantitative estimate of drug-likeness (QED) is 0.183. The molecule has 3 aliphatic carbocycles. The van der Waals surface area contributed by atoms with Crippen molar-refractivity contribution in [2.75, 3.05) is 19.8 Å². The number of hydrogen-bond donors (Lipinski definition) is 2. The molecule has 0 spiro atoms. The van der Waals surface area contributed by atoms with Crippen molar-refractivity contribution in [1.29, 1.82) is 0 Å². The first-order valence-corrected chi connectivity index (χ1v) is 17.0. The first-order chi connectivity index (χ1) is 19.1. The van der Waals surface area contributed by atoms with E-state index in [-0.39, 0.29) is 13.2 Å². The van der Waals surface area contributed by atoms with Crippen LogP contribution in [0.25, 0.3) is 0 Å². The lowest BCUT2D eigenvalue weighted by atomic mass is 9.73. The number of unbranched alkanes of at least 4 members (excludes halogenated alkanes) is 4. The molecule has 0 radical (unpaired) electrons. The summed E-state index contributed by atoms with van der Waals surface area (Å²) in [6.07, 6.45) is 24.2. The monoisotopic (exact) mass is 540 g/mol. The van der Waals surface area contributed by atoms with Gasteiger partial charge in [-0.1, -0.05) is 88.9 Å². The molecule has 3 heteroatoms. The van der Waals surface area contributed by atoms with Crippen LogP contribution in [-0.4, -0.2) is 36.1 Å². The molecule has 0 aromatic rings. The fraction of sp³-hybridized carbons (Fsp3) is 0.889. The van der Waals surface area contributed by atoms with E-state index < -0.39 is 6.10 Å². The Balaban J connectivity index is 1.48. The lowest BCUT2D eigenvalue weighted by Gasteiger charge is -2.32.